The van der Waals surface area contributed by atoms with E-state index in [9.17, 15) is 14.7 Å². The van der Waals surface area contributed by atoms with Crippen LogP contribution in [0.1, 0.15) is 36.2 Å². The van der Waals surface area contributed by atoms with Crippen LogP contribution >= 0.6 is 0 Å². The number of rotatable bonds is 4. The molecule has 1 saturated carbocycles. The van der Waals surface area contributed by atoms with Crippen LogP contribution in [0.2, 0.25) is 0 Å². The smallest absolute Gasteiger partial charge is 0.275 e. The van der Waals surface area contributed by atoms with E-state index in [0.717, 1.165) is 36.7 Å². The molecule has 0 atom stereocenters. The maximum Gasteiger partial charge on any atom is 0.275 e. The minimum atomic E-state index is -0.773. The molecule has 9 nitrogen and oxygen atoms in total. The molecular formula is C18H20N6O3. The van der Waals surface area contributed by atoms with E-state index in [1.165, 1.54) is 24.3 Å². The largest absolute Gasteiger partial charge is 0.503 e. The Labute approximate surface area is 154 Å². The lowest BCUT2D eigenvalue weighted by atomic mass is 9.97. The molecule has 3 heterocycles. The highest BCUT2D eigenvalue weighted by Gasteiger charge is 2.37. The van der Waals surface area contributed by atoms with E-state index in [2.05, 4.69) is 25.0 Å². The Hall–Kier alpha value is -3.23. The van der Waals surface area contributed by atoms with E-state index >= 15 is 0 Å². The van der Waals surface area contributed by atoms with Crippen LogP contribution in [0.15, 0.2) is 35.8 Å². The third kappa shape index (κ3) is 2.84. The quantitative estimate of drug-likeness (QED) is 0.711. The maximum atomic E-state index is 12.0. The highest BCUT2D eigenvalue weighted by molar-refractivity contribution is 5.92. The fourth-order valence-electron chi connectivity index (χ4n) is 3.94. The molecule has 0 bridgehead atoms. The molecule has 0 aromatic carbocycles. The van der Waals surface area contributed by atoms with E-state index in [1.807, 2.05) is 12.3 Å². The molecule has 1 fully saturated rings. The van der Waals surface area contributed by atoms with Crippen molar-refractivity contribution < 1.29 is 9.90 Å². The molecule has 0 aliphatic heterocycles. The van der Waals surface area contributed by atoms with Gasteiger partial charge < -0.3 is 15.0 Å². The van der Waals surface area contributed by atoms with Gasteiger partial charge in [0.15, 0.2) is 11.4 Å². The summed E-state index contributed by atoms with van der Waals surface area (Å²) in [6.45, 7) is 0.415. The first-order chi connectivity index (χ1) is 13.0. The SMILES string of the molecule is CNC(=O)c1nn(CC2(n3ccc4cncnc43)CCCC2)cc(O)c1=O. The summed E-state index contributed by atoms with van der Waals surface area (Å²) in [5.41, 5.74) is -0.552. The van der Waals surface area contributed by atoms with Gasteiger partial charge in [0.1, 0.15) is 12.0 Å². The topological polar surface area (TPSA) is 115 Å². The highest BCUT2D eigenvalue weighted by atomic mass is 16.3. The minimum absolute atomic E-state index is 0.301. The Morgan fingerprint density at radius 2 is 2.15 bits per heavy atom. The number of fused-ring (bicyclic) bond motifs is 1. The van der Waals surface area contributed by atoms with Crippen molar-refractivity contribution in [2.45, 2.75) is 37.8 Å². The molecular weight excluding hydrogens is 348 g/mol. The summed E-state index contributed by atoms with van der Waals surface area (Å²) in [6, 6.07) is 1.97. The monoisotopic (exact) mass is 368 g/mol. The van der Waals surface area contributed by atoms with Crippen molar-refractivity contribution in [3.8, 4) is 5.75 Å². The first-order valence-corrected chi connectivity index (χ1v) is 8.84. The van der Waals surface area contributed by atoms with Gasteiger partial charge in [0, 0.05) is 24.8 Å². The first kappa shape index (κ1) is 17.2. The van der Waals surface area contributed by atoms with Crippen molar-refractivity contribution in [1.82, 2.24) is 29.6 Å². The van der Waals surface area contributed by atoms with Gasteiger partial charge in [-0.15, -0.1) is 0 Å². The minimum Gasteiger partial charge on any atom is -0.503 e. The van der Waals surface area contributed by atoms with Crippen LogP contribution in [-0.4, -0.2) is 42.4 Å². The van der Waals surface area contributed by atoms with Crippen molar-refractivity contribution in [2.75, 3.05) is 7.05 Å². The fourth-order valence-corrected chi connectivity index (χ4v) is 3.94. The van der Waals surface area contributed by atoms with Crippen molar-refractivity contribution in [3.63, 3.8) is 0 Å². The van der Waals surface area contributed by atoms with Crippen LogP contribution in [0.25, 0.3) is 11.0 Å². The number of hydrogen-bond donors (Lipinski definition) is 2. The molecule has 140 valence electrons. The summed E-state index contributed by atoms with van der Waals surface area (Å²) < 4.78 is 3.62. The number of carbonyl (C=O) groups is 1. The Morgan fingerprint density at radius 1 is 1.37 bits per heavy atom. The zero-order valence-corrected chi connectivity index (χ0v) is 14.9. The molecule has 4 rings (SSSR count). The van der Waals surface area contributed by atoms with Crippen LogP contribution in [0.3, 0.4) is 0 Å². The van der Waals surface area contributed by atoms with Gasteiger partial charge in [-0.05, 0) is 18.9 Å². The van der Waals surface area contributed by atoms with Crippen LogP contribution in [-0.2, 0) is 12.1 Å². The Kier molecular flexibility index (Phi) is 4.14. The molecule has 1 aliphatic carbocycles. The van der Waals surface area contributed by atoms with Gasteiger partial charge in [-0.3, -0.25) is 14.3 Å². The van der Waals surface area contributed by atoms with E-state index in [0.29, 0.717) is 6.54 Å². The summed E-state index contributed by atoms with van der Waals surface area (Å²) in [5.74, 6) is -1.11. The highest BCUT2D eigenvalue weighted by Crippen LogP contribution is 2.40. The van der Waals surface area contributed by atoms with E-state index in [4.69, 9.17) is 0 Å². The second-order valence-electron chi connectivity index (χ2n) is 6.89. The van der Waals surface area contributed by atoms with Crippen molar-refractivity contribution in [1.29, 1.82) is 0 Å². The first-order valence-electron chi connectivity index (χ1n) is 8.84. The molecule has 0 unspecified atom stereocenters. The normalized spacial score (nSPS) is 15.9. The third-order valence-corrected chi connectivity index (χ3v) is 5.24. The van der Waals surface area contributed by atoms with Crippen LogP contribution in [0.5, 0.6) is 5.75 Å². The van der Waals surface area contributed by atoms with Crippen LogP contribution in [0.4, 0.5) is 0 Å². The number of aromatic hydroxyl groups is 1. The molecule has 3 aromatic heterocycles. The van der Waals surface area contributed by atoms with Gasteiger partial charge >= 0.3 is 0 Å². The van der Waals surface area contributed by atoms with Crippen molar-refractivity contribution in [3.05, 3.63) is 46.9 Å². The van der Waals surface area contributed by atoms with E-state index in [1.54, 1.807) is 6.20 Å². The average Bonchev–Trinajstić information content (AvgIpc) is 3.31. The van der Waals surface area contributed by atoms with Gasteiger partial charge in [-0.25, -0.2) is 9.97 Å². The zero-order valence-electron chi connectivity index (χ0n) is 14.9. The molecule has 3 aromatic rings. The second-order valence-corrected chi connectivity index (χ2v) is 6.89. The number of nitrogens with zero attached hydrogens (tertiary/aromatic N) is 5. The Balaban J connectivity index is 1.80. The molecule has 2 N–H and O–H groups in total. The van der Waals surface area contributed by atoms with Crippen molar-refractivity contribution in [2.24, 2.45) is 0 Å². The summed E-state index contributed by atoms with van der Waals surface area (Å²) >= 11 is 0. The summed E-state index contributed by atoms with van der Waals surface area (Å²) in [5, 5.41) is 17.5. The lowest BCUT2D eigenvalue weighted by molar-refractivity contribution is 0.0952. The molecule has 0 saturated heterocycles. The molecule has 0 radical (unpaired) electrons. The van der Waals surface area contributed by atoms with Gasteiger partial charge in [0.05, 0.1) is 18.3 Å². The lowest BCUT2D eigenvalue weighted by Crippen LogP contribution is -2.37. The number of nitrogens with one attached hydrogen (secondary N) is 1. The van der Waals surface area contributed by atoms with Crippen LogP contribution in [0, 0.1) is 0 Å². The predicted molar refractivity (Wildman–Crippen MR) is 97.5 cm³/mol. The fraction of sp³-hybridized carbons (Fsp3) is 0.389. The van der Waals surface area contributed by atoms with Gasteiger partial charge in [0.25, 0.3) is 11.3 Å². The standard InChI is InChI=1S/C18H20N6O3/c1-19-17(27)14-15(26)13(25)9-23(22-14)10-18(5-2-3-6-18)24-7-4-12-8-20-11-21-16(12)24/h4,7-9,11,25H,2-3,5-6,10H2,1H3,(H,19,27). The number of hydrogen-bond acceptors (Lipinski definition) is 6. The molecule has 1 aliphatic rings. The average molecular weight is 368 g/mol. The number of aromatic nitrogens is 5. The molecule has 27 heavy (non-hydrogen) atoms. The summed E-state index contributed by atoms with van der Waals surface area (Å²) in [4.78, 5) is 32.5. The van der Waals surface area contributed by atoms with Gasteiger partial charge in [-0.1, -0.05) is 12.8 Å². The molecule has 0 spiro atoms. The van der Waals surface area contributed by atoms with Crippen LogP contribution < -0.4 is 10.7 Å². The molecule has 1 amide bonds. The maximum absolute atomic E-state index is 12.0. The summed E-state index contributed by atoms with van der Waals surface area (Å²) in [7, 11) is 1.42. The molecule has 9 heteroatoms. The van der Waals surface area contributed by atoms with Crippen molar-refractivity contribution >= 4 is 16.9 Å². The second kappa shape index (κ2) is 6.49. The van der Waals surface area contributed by atoms with E-state index < -0.39 is 17.1 Å². The number of amides is 1. The predicted octanol–water partition coefficient (Wildman–Crippen LogP) is 1.02. The third-order valence-electron chi connectivity index (χ3n) is 5.24. The van der Waals surface area contributed by atoms with E-state index in [-0.39, 0.29) is 11.2 Å². The van der Waals surface area contributed by atoms with Gasteiger partial charge in [-0.2, -0.15) is 5.10 Å². The zero-order chi connectivity index (χ0) is 19.0. The Morgan fingerprint density at radius 3 is 2.89 bits per heavy atom. The van der Waals surface area contributed by atoms with Gasteiger partial charge in [0.2, 0.25) is 0 Å². The lowest BCUT2D eigenvalue weighted by Gasteiger charge is -2.32. The Bertz CT molecular complexity index is 1060. The number of carbonyl (C=O) groups excluding carboxylic acids is 1. The summed E-state index contributed by atoms with van der Waals surface area (Å²) in [6.07, 6.45) is 10.5.